The van der Waals surface area contributed by atoms with Gasteiger partial charge < -0.3 is 10.4 Å². The minimum absolute atomic E-state index is 0.406. The summed E-state index contributed by atoms with van der Waals surface area (Å²) >= 11 is 0. The molecular weight excluding hydrogens is 274 g/mol. The average molecular weight is 293 g/mol. The van der Waals surface area contributed by atoms with Crippen molar-refractivity contribution in [2.24, 2.45) is 0 Å². The van der Waals surface area contributed by atoms with Gasteiger partial charge in [0.1, 0.15) is 12.1 Å². The van der Waals surface area contributed by atoms with Gasteiger partial charge in [0.15, 0.2) is 0 Å². The van der Waals surface area contributed by atoms with Gasteiger partial charge in [0.2, 0.25) is 0 Å². The molecule has 0 spiro atoms. The minimum Gasteiger partial charge on any atom is -0.387 e. The molecule has 0 aliphatic rings. The number of rotatable bonds is 4. The van der Waals surface area contributed by atoms with Crippen LogP contribution in [-0.4, -0.2) is 21.6 Å². The van der Waals surface area contributed by atoms with Crippen LogP contribution in [0.3, 0.4) is 0 Å². The van der Waals surface area contributed by atoms with Crippen molar-refractivity contribution in [3.05, 3.63) is 65.5 Å². The third-order valence-electron chi connectivity index (χ3n) is 3.68. The maximum Gasteiger partial charge on any atom is 0.137 e. The van der Waals surface area contributed by atoms with Gasteiger partial charge in [0.25, 0.3) is 0 Å². The molecule has 0 radical (unpaired) electrons. The number of aliphatic hydroxyl groups excluding tert-OH is 1. The second-order valence-electron chi connectivity index (χ2n) is 5.55. The van der Waals surface area contributed by atoms with E-state index in [9.17, 15) is 5.11 Å². The van der Waals surface area contributed by atoms with E-state index in [2.05, 4.69) is 21.4 Å². The first kappa shape index (κ1) is 14.5. The molecule has 22 heavy (non-hydrogen) atoms. The third kappa shape index (κ3) is 3.07. The molecule has 2 aromatic carbocycles. The second kappa shape index (κ2) is 6.12. The zero-order valence-electron chi connectivity index (χ0n) is 12.7. The fourth-order valence-electron chi connectivity index (χ4n) is 2.50. The SMILES string of the molecule is Cc1cccc(C(O)CNc2ncnc3ccc(C)cc23)c1. The van der Waals surface area contributed by atoms with Gasteiger partial charge in [-0.05, 0) is 31.5 Å². The first-order chi connectivity index (χ1) is 10.6. The lowest BCUT2D eigenvalue weighted by Crippen LogP contribution is -2.13. The van der Waals surface area contributed by atoms with Gasteiger partial charge in [-0.15, -0.1) is 0 Å². The summed E-state index contributed by atoms with van der Waals surface area (Å²) in [6.45, 7) is 4.46. The molecule has 3 aromatic rings. The van der Waals surface area contributed by atoms with Crippen molar-refractivity contribution >= 4 is 16.7 Å². The lowest BCUT2D eigenvalue weighted by Gasteiger charge is -2.14. The quantitative estimate of drug-likeness (QED) is 0.774. The smallest absolute Gasteiger partial charge is 0.137 e. The Morgan fingerprint density at radius 1 is 1.05 bits per heavy atom. The van der Waals surface area contributed by atoms with Crippen LogP contribution in [-0.2, 0) is 0 Å². The fraction of sp³-hybridized carbons (Fsp3) is 0.222. The molecule has 1 aromatic heterocycles. The van der Waals surface area contributed by atoms with E-state index in [0.717, 1.165) is 33.4 Å². The Morgan fingerprint density at radius 3 is 2.68 bits per heavy atom. The number of benzene rings is 2. The van der Waals surface area contributed by atoms with Gasteiger partial charge in [-0.1, -0.05) is 41.5 Å². The summed E-state index contributed by atoms with van der Waals surface area (Å²) in [4.78, 5) is 8.56. The molecule has 1 unspecified atom stereocenters. The summed E-state index contributed by atoms with van der Waals surface area (Å²) in [5.41, 5.74) is 4.10. The predicted octanol–water partition coefficient (Wildman–Crippen LogP) is 3.39. The normalized spacial score (nSPS) is 12.3. The summed E-state index contributed by atoms with van der Waals surface area (Å²) in [6.07, 6.45) is 0.966. The second-order valence-corrected chi connectivity index (χ2v) is 5.55. The lowest BCUT2D eigenvalue weighted by atomic mass is 10.1. The summed E-state index contributed by atoms with van der Waals surface area (Å²) in [7, 11) is 0. The van der Waals surface area contributed by atoms with E-state index in [0.29, 0.717) is 6.54 Å². The molecular formula is C18H19N3O. The van der Waals surface area contributed by atoms with Crippen LogP contribution in [0.15, 0.2) is 48.8 Å². The van der Waals surface area contributed by atoms with E-state index in [4.69, 9.17) is 0 Å². The summed E-state index contributed by atoms with van der Waals surface area (Å²) in [5, 5.41) is 14.5. The first-order valence-electron chi connectivity index (χ1n) is 7.33. The van der Waals surface area contributed by atoms with Crippen LogP contribution in [0.25, 0.3) is 10.9 Å². The molecule has 0 amide bonds. The highest BCUT2D eigenvalue weighted by Crippen LogP contribution is 2.22. The summed E-state index contributed by atoms with van der Waals surface area (Å²) in [6, 6.07) is 14.0. The number of fused-ring (bicyclic) bond motifs is 1. The van der Waals surface area contributed by atoms with Crippen molar-refractivity contribution in [2.45, 2.75) is 20.0 Å². The Balaban J connectivity index is 1.80. The van der Waals surface area contributed by atoms with Gasteiger partial charge >= 0.3 is 0 Å². The van der Waals surface area contributed by atoms with Crippen molar-refractivity contribution in [3.63, 3.8) is 0 Å². The number of hydrogen-bond donors (Lipinski definition) is 2. The number of nitrogens with one attached hydrogen (secondary N) is 1. The molecule has 0 saturated carbocycles. The molecule has 2 N–H and O–H groups in total. The molecule has 4 heteroatoms. The van der Waals surface area contributed by atoms with Crippen LogP contribution in [0.5, 0.6) is 0 Å². The fourth-order valence-corrected chi connectivity index (χ4v) is 2.50. The first-order valence-corrected chi connectivity index (χ1v) is 7.33. The number of hydrogen-bond acceptors (Lipinski definition) is 4. The van der Waals surface area contributed by atoms with Crippen LogP contribution < -0.4 is 5.32 Å². The molecule has 0 saturated heterocycles. The Bertz CT molecular complexity index is 801. The van der Waals surface area contributed by atoms with Crippen molar-refractivity contribution in [3.8, 4) is 0 Å². The zero-order chi connectivity index (χ0) is 15.5. The molecule has 1 atom stereocenters. The number of aromatic nitrogens is 2. The van der Waals surface area contributed by atoms with Gasteiger partial charge in [0, 0.05) is 11.9 Å². The van der Waals surface area contributed by atoms with Gasteiger partial charge in [-0.2, -0.15) is 0 Å². The molecule has 112 valence electrons. The Hall–Kier alpha value is -2.46. The molecule has 0 bridgehead atoms. The van der Waals surface area contributed by atoms with Crippen LogP contribution in [0.1, 0.15) is 22.8 Å². The summed E-state index contributed by atoms with van der Waals surface area (Å²) < 4.78 is 0. The Labute approximate surface area is 129 Å². The van der Waals surface area contributed by atoms with Gasteiger partial charge in [-0.3, -0.25) is 0 Å². The van der Waals surface area contributed by atoms with Crippen molar-refractivity contribution in [2.75, 3.05) is 11.9 Å². The van der Waals surface area contributed by atoms with Crippen LogP contribution >= 0.6 is 0 Å². The van der Waals surface area contributed by atoms with E-state index in [1.807, 2.05) is 50.2 Å². The Morgan fingerprint density at radius 2 is 1.86 bits per heavy atom. The number of nitrogens with zero attached hydrogens (tertiary/aromatic N) is 2. The van der Waals surface area contributed by atoms with Crippen molar-refractivity contribution < 1.29 is 5.11 Å². The zero-order valence-corrected chi connectivity index (χ0v) is 12.7. The maximum atomic E-state index is 10.3. The largest absolute Gasteiger partial charge is 0.387 e. The highest BCUT2D eigenvalue weighted by Gasteiger charge is 2.09. The number of aliphatic hydroxyl groups is 1. The highest BCUT2D eigenvalue weighted by atomic mass is 16.3. The van der Waals surface area contributed by atoms with Crippen molar-refractivity contribution in [1.82, 2.24) is 9.97 Å². The van der Waals surface area contributed by atoms with Crippen LogP contribution in [0.4, 0.5) is 5.82 Å². The van der Waals surface area contributed by atoms with Crippen molar-refractivity contribution in [1.29, 1.82) is 0 Å². The van der Waals surface area contributed by atoms with Crippen LogP contribution in [0, 0.1) is 13.8 Å². The molecule has 1 heterocycles. The standard InChI is InChI=1S/C18H19N3O/c1-12-4-3-5-14(8-12)17(22)10-19-18-15-9-13(2)6-7-16(15)20-11-21-18/h3-9,11,17,22H,10H2,1-2H3,(H,19,20,21). The van der Waals surface area contributed by atoms with Gasteiger partial charge in [0.05, 0.1) is 11.6 Å². The maximum absolute atomic E-state index is 10.3. The van der Waals surface area contributed by atoms with E-state index in [-0.39, 0.29) is 0 Å². The molecule has 3 rings (SSSR count). The minimum atomic E-state index is -0.574. The molecule has 0 aliphatic heterocycles. The van der Waals surface area contributed by atoms with E-state index < -0.39 is 6.10 Å². The van der Waals surface area contributed by atoms with E-state index >= 15 is 0 Å². The predicted molar refractivity (Wildman–Crippen MR) is 88.9 cm³/mol. The molecule has 0 fully saturated rings. The third-order valence-corrected chi connectivity index (χ3v) is 3.68. The molecule has 4 nitrogen and oxygen atoms in total. The topological polar surface area (TPSA) is 58.0 Å². The van der Waals surface area contributed by atoms with Gasteiger partial charge in [-0.25, -0.2) is 9.97 Å². The Kier molecular flexibility index (Phi) is 4.02. The van der Waals surface area contributed by atoms with E-state index in [1.54, 1.807) is 6.33 Å². The number of anilines is 1. The van der Waals surface area contributed by atoms with E-state index in [1.165, 1.54) is 0 Å². The monoisotopic (exact) mass is 293 g/mol. The summed E-state index contributed by atoms with van der Waals surface area (Å²) in [5.74, 6) is 0.750. The van der Waals surface area contributed by atoms with Crippen LogP contribution in [0.2, 0.25) is 0 Å². The number of aryl methyl sites for hydroxylation is 2. The lowest BCUT2D eigenvalue weighted by molar-refractivity contribution is 0.191. The highest BCUT2D eigenvalue weighted by molar-refractivity contribution is 5.89. The average Bonchev–Trinajstić information content (AvgIpc) is 2.52. The molecule has 0 aliphatic carbocycles.